The first-order valence-electron chi connectivity index (χ1n) is 12.2. The molecule has 4 aromatic rings. The third-order valence-corrected chi connectivity index (χ3v) is 8.74. The summed E-state index contributed by atoms with van der Waals surface area (Å²) in [7, 11) is 0.254. The average molecular weight is 548 g/mol. The average Bonchev–Trinajstić information content (AvgIpc) is 3.44. The van der Waals surface area contributed by atoms with Crippen molar-refractivity contribution in [2.75, 3.05) is 40.3 Å². The number of sulfonamides is 1. The fourth-order valence-electron chi connectivity index (χ4n) is 4.92. The molecule has 0 aliphatic carbocycles. The number of rotatable bonds is 9. The second kappa shape index (κ2) is 9.75. The lowest BCUT2D eigenvalue weighted by Crippen LogP contribution is -2.52. The summed E-state index contributed by atoms with van der Waals surface area (Å²) in [6.45, 7) is 6.43. The molecule has 1 aliphatic rings. The molecule has 3 aromatic heterocycles. The van der Waals surface area contributed by atoms with Gasteiger partial charge in [-0.05, 0) is 51.6 Å². The maximum Gasteiger partial charge on any atom is 0.335 e. The number of aryl methyl sites for hydroxylation is 1. The van der Waals surface area contributed by atoms with Crippen molar-refractivity contribution in [1.29, 1.82) is 0 Å². The Balaban J connectivity index is 1.65. The normalized spacial score (nSPS) is 15.2. The van der Waals surface area contributed by atoms with Gasteiger partial charge >= 0.3 is 5.69 Å². The van der Waals surface area contributed by atoms with Crippen LogP contribution in [0.3, 0.4) is 0 Å². The van der Waals surface area contributed by atoms with Gasteiger partial charge in [-0.25, -0.2) is 17.6 Å². The number of fused-ring (bicyclic) bond motifs is 3. The van der Waals surface area contributed by atoms with E-state index >= 15 is 0 Å². The Labute approximate surface area is 219 Å². The number of halogens is 1. The SMILES string of the molecule is CCCn1c(=O)n2cnnc2c2[nH]c(-c3cc(S(=O)(=O)N4CC(CN(C)C)C4)ccc3OCC)c(Cl)c21. The number of hydrogen-bond acceptors (Lipinski definition) is 7. The molecule has 13 heteroatoms. The minimum absolute atomic E-state index is 0.155. The smallest absolute Gasteiger partial charge is 0.335 e. The summed E-state index contributed by atoms with van der Waals surface area (Å²) in [5, 5.41) is 8.30. The monoisotopic (exact) mass is 547 g/mol. The lowest BCUT2D eigenvalue weighted by Gasteiger charge is -2.39. The molecule has 37 heavy (non-hydrogen) atoms. The summed E-state index contributed by atoms with van der Waals surface area (Å²) in [5.41, 5.74) is 2.02. The molecule has 0 amide bonds. The summed E-state index contributed by atoms with van der Waals surface area (Å²) in [6, 6.07) is 4.79. The van der Waals surface area contributed by atoms with E-state index in [1.807, 2.05) is 27.9 Å². The number of nitrogens with zero attached hydrogens (tertiary/aromatic N) is 6. The van der Waals surface area contributed by atoms with Gasteiger partial charge in [-0.15, -0.1) is 10.2 Å². The zero-order valence-electron chi connectivity index (χ0n) is 21.2. The largest absolute Gasteiger partial charge is 0.493 e. The molecule has 5 rings (SSSR count). The number of benzene rings is 1. The van der Waals surface area contributed by atoms with Gasteiger partial charge in [0, 0.05) is 31.7 Å². The van der Waals surface area contributed by atoms with Gasteiger partial charge in [0.2, 0.25) is 10.0 Å². The van der Waals surface area contributed by atoms with Crippen molar-refractivity contribution in [3.8, 4) is 17.0 Å². The predicted molar refractivity (Wildman–Crippen MR) is 142 cm³/mol. The van der Waals surface area contributed by atoms with Crippen LogP contribution in [0.5, 0.6) is 5.75 Å². The van der Waals surface area contributed by atoms with Crippen molar-refractivity contribution in [3.63, 3.8) is 0 Å². The number of aromatic amines is 1. The Bertz CT molecular complexity index is 1630. The van der Waals surface area contributed by atoms with Crippen LogP contribution in [-0.4, -0.2) is 82.1 Å². The number of aromatic nitrogens is 5. The molecule has 4 heterocycles. The van der Waals surface area contributed by atoms with Crippen molar-refractivity contribution in [1.82, 2.24) is 33.4 Å². The van der Waals surface area contributed by atoms with Gasteiger partial charge in [-0.3, -0.25) is 4.57 Å². The van der Waals surface area contributed by atoms with Gasteiger partial charge in [0.1, 0.15) is 17.6 Å². The first-order chi connectivity index (χ1) is 17.7. The highest BCUT2D eigenvalue weighted by atomic mass is 35.5. The topological polar surface area (TPSA) is 118 Å². The minimum Gasteiger partial charge on any atom is -0.493 e. The maximum atomic E-state index is 13.4. The van der Waals surface area contributed by atoms with Gasteiger partial charge in [0.15, 0.2) is 5.65 Å². The molecule has 0 radical (unpaired) electrons. The van der Waals surface area contributed by atoms with Crippen LogP contribution in [-0.2, 0) is 16.6 Å². The molecule has 1 saturated heterocycles. The highest BCUT2D eigenvalue weighted by molar-refractivity contribution is 7.89. The standard InChI is InChI=1S/C24H30ClN7O4S/c1-5-9-31-22-19(25)20(27-21(22)23-28-26-14-32(23)24(31)33)17-10-16(7-8-18(17)36-6-2)37(34,35)30-12-15(13-30)11-29(3)4/h7-8,10,14-15,27H,5-6,9,11-13H2,1-4H3. The van der Waals surface area contributed by atoms with Crippen molar-refractivity contribution >= 4 is 38.3 Å². The Morgan fingerprint density at radius 1 is 1.24 bits per heavy atom. The van der Waals surface area contributed by atoms with Crippen LogP contribution >= 0.6 is 11.6 Å². The maximum absolute atomic E-state index is 13.4. The van der Waals surface area contributed by atoms with E-state index in [0.717, 1.165) is 6.54 Å². The number of ether oxygens (including phenoxy) is 1. The van der Waals surface area contributed by atoms with Crippen LogP contribution in [0.15, 0.2) is 34.2 Å². The molecule has 0 saturated carbocycles. The van der Waals surface area contributed by atoms with E-state index < -0.39 is 10.0 Å². The molecule has 0 bridgehead atoms. The summed E-state index contributed by atoms with van der Waals surface area (Å²) in [6.07, 6.45) is 2.08. The number of nitrogens with one attached hydrogen (secondary N) is 1. The molecular weight excluding hydrogens is 518 g/mol. The van der Waals surface area contributed by atoms with Gasteiger partial charge < -0.3 is 14.6 Å². The Morgan fingerprint density at radius 2 is 2.00 bits per heavy atom. The Hall–Kier alpha value is -2.93. The van der Waals surface area contributed by atoms with Crippen LogP contribution in [0, 0.1) is 5.92 Å². The zero-order valence-corrected chi connectivity index (χ0v) is 22.8. The number of H-pyrrole nitrogens is 1. The van der Waals surface area contributed by atoms with E-state index in [1.165, 1.54) is 15.0 Å². The van der Waals surface area contributed by atoms with Crippen LogP contribution < -0.4 is 10.4 Å². The van der Waals surface area contributed by atoms with Crippen LogP contribution in [0.1, 0.15) is 20.3 Å². The molecule has 0 spiro atoms. The quantitative estimate of drug-likeness (QED) is 0.342. The Kier molecular flexibility index (Phi) is 6.77. The molecule has 11 nitrogen and oxygen atoms in total. The minimum atomic E-state index is -3.70. The number of hydrogen-bond donors (Lipinski definition) is 1. The first kappa shape index (κ1) is 25.7. The van der Waals surface area contributed by atoms with E-state index in [1.54, 1.807) is 22.8 Å². The molecule has 0 unspecified atom stereocenters. The van der Waals surface area contributed by atoms with Crippen molar-refractivity contribution < 1.29 is 13.2 Å². The summed E-state index contributed by atoms with van der Waals surface area (Å²) >= 11 is 6.91. The molecule has 1 aliphatic heterocycles. The first-order valence-corrected chi connectivity index (χ1v) is 14.0. The van der Waals surface area contributed by atoms with Crippen LogP contribution in [0.2, 0.25) is 5.02 Å². The highest BCUT2D eigenvalue weighted by Crippen LogP contribution is 2.41. The highest BCUT2D eigenvalue weighted by Gasteiger charge is 2.37. The second-order valence-corrected chi connectivity index (χ2v) is 11.9. The molecule has 1 fully saturated rings. The van der Waals surface area contributed by atoms with Gasteiger partial charge in [0.25, 0.3) is 0 Å². The second-order valence-electron chi connectivity index (χ2n) is 9.54. The summed E-state index contributed by atoms with van der Waals surface area (Å²) in [5.74, 6) is 0.779. The van der Waals surface area contributed by atoms with E-state index in [9.17, 15) is 13.2 Å². The summed E-state index contributed by atoms with van der Waals surface area (Å²) < 4.78 is 37.2. The van der Waals surface area contributed by atoms with Crippen molar-refractivity contribution in [3.05, 3.63) is 40.0 Å². The molecule has 1 N–H and O–H groups in total. The van der Waals surface area contributed by atoms with Crippen LogP contribution in [0.25, 0.3) is 27.9 Å². The lowest BCUT2D eigenvalue weighted by atomic mass is 10.0. The van der Waals surface area contributed by atoms with E-state index in [0.29, 0.717) is 72.3 Å². The van der Waals surface area contributed by atoms with E-state index in [2.05, 4.69) is 20.1 Å². The van der Waals surface area contributed by atoms with Crippen molar-refractivity contribution in [2.24, 2.45) is 5.92 Å². The van der Waals surface area contributed by atoms with E-state index in [4.69, 9.17) is 16.3 Å². The Morgan fingerprint density at radius 3 is 2.68 bits per heavy atom. The summed E-state index contributed by atoms with van der Waals surface area (Å²) in [4.78, 5) is 18.6. The van der Waals surface area contributed by atoms with Crippen molar-refractivity contribution in [2.45, 2.75) is 31.7 Å². The third-order valence-electron chi connectivity index (χ3n) is 6.54. The van der Waals surface area contributed by atoms with Crippen LogP contribution in [0.4, 0.5) is 0 Å². The van der Waals surface area contributed by atoms with Gasteiger partial charge in [0.05, 0.1) is 27.7 Å². The molecule has 0 atom stereocenters. The zero-order chi connectivity index (χ0) is 26.5. The van der Waals surface area contributed by atoms with Gasteiger partial charge in [-0.2, -0.15) is 4.31 Å². The molecule has 198 valence electrons. The third kappa shape index (κ3) is 4.31. The van der Waals surface area contributed by atoms with E-state index in [-0.39, 0.29) is 15.6 Å². The fraction of sp³-hybridized carbons (Fsp3) is 0.458. The molecular formula is C24H30ClN7O4S. The predicted octanol–water partition coefficient (Wildman–Crippen LogP) is 2.68. The fourth-order valence-corrected chi connectivity index (χ4v) is 6.88. The van der Waals surface area contributed by atoms with Gasteiger partial charge in [-0.1, -0.05) is 18.5 Å². The molecule has 1 aromatic carbocycles. The lowest BCUT2D eigenvalue weighted by molar-refractivity contribution is 0.160.